The van der Waals surface area contributed by atoms with Crippen LogP contribution < -0.4 is 9.47 Å². The van der Waals surface area contributed by atoms with Gasteiger partial charge in [-0.25, -0.2) is 9.59 Å². The van der Waals surface area contributed by atoms with Gasteiger partial charge in [0.1, 0.15) is 11.5 Å². The molecule has 0 bridgehead atoms. The number of hydrogen-bond acceptors (Lipinski definition) is 6. The van der Waals surface area contributed by atoms with E-state index >= 15 is 0 Å². The average molecular weight is 643 g/mol. The number of carbonyl (C=O) groups excluding carboxylic acids is 2. The Morgan fingerprint density at radius 1 is 0.479 bits per heavy atom. The van der Waals surface area contributed by atoms with Gasteiger partial charge in [0.2, 0.25) is 0 Å². The van der Waals surface area contributed by atoms with Crippen molar-refractivity contribution in [3.8, 4) is 22.6 Å². The Morgan fingerprint density at radius 2 is 0.854 bits per heavy atom. The van der Waals surface area contributed by atoms with Crippen molar-refractivity contribution in [3.05, 3.63) is 96.1 Å². The van der Waals surface area contributed by atoms with Crippen LogP contribution in [-0.4, -0.2) is 25.5 Å². The monoisotopic (exact) mass is 642 g/mol. The fraction of sp³-hybridized carbons (Fsp3) is 0.286. The molecule has 6 rings (SSSR count). The number of fused-ring (bicyclic) bond motifs is 4. The van der Waals surface area contributed by atoms with Crippen molar-refractivity contribution >= 4 is 55.4 Å². The van der Waals surface area contributed by atoms with E-state index in [2.05, 4.69) is 64.1 Å². The highest BCUT2D eigenvalue weighted by atomic mass is 16.7. The molecule has 0 aliphatic carbocycles. The third-order valence-electron chi connectivity index (χ3n) is 8.95. The van der Waals surface area contributed by atoms with E-state index in [1.165, 1.54) is 0 Å². The molecular weight excluding hydrogens is 600 g/mol. The lowest BCUT2D eigenvalue weighted by Crippen LogP contribution is -2.12. The maximum Gasteiger partial charge on any atom is 0.513 e. The summed E-state index contributed by atoms with van der Waals surface area (Å²) in [6, 6.07) is 28.7. The lowest BCUT2D eigenvalue weighted by Gasteiger charge is -2.22. The minimum Gasteiger partial charge on any atom is -0.434 e. The van der Waals surface area contributed by atoms with Gasteiger partial charge in [0.25, 0.3) is 0 Å². The van der Waals surface area contributed by atoms with Gasteiger partial charge < -0.3 is 18.9 Å². The quantitative estimate of drug-likeness (QED) is 0.0606. The van der Waals surface area contributed by atoms with E-state index in [0.29, 0.717) is 24.7 Å². The van der Waals surface area contributed by atoms with Gasteiger partial charge in [0.05, 0.1) is 13.2 Å². The summed E-state index contributed by atoms with van der Waals surface area (Å²) in [7, 11) is 0. The summed E-state index contributed by atoms with van der Waals surface area (Å²) in [5.41, 5.74) is 4.37. The standard InChI is InChI=1S/C42H42O6/c1-5-9-23-45-41(43)47-39-31-17-13-11-15-29(31)37(35-25-27(7-3)19-21-33(35)39)38-30-16-12-14-18-32(30)40(48-42(44)46-24-10-6-2)34-22-20-28(8-4)26-36(34)38/h11-22,25-26H,5-10,23-24H2,1-4H3. The van der Waals surface area contributed by atoms with Crippen LogP contribution in [0, 0.1) is 0 Å². The van der Waals surface area contributed by atoms with Crippen molar-refractivity contribution in [2.75, 3.05) is 13.2 Å². The minimum atomic E-state index is -0.710. The second-order valence-electron chi connectivity index (χ2n) is 12.1. The summed E-state index contributed by atoms with van der Waals surface area (Å²) in [5.74, 6) is 0.956. The molecule has 6 aromatic rings. The first-order valence-electron chi connectivity index (χ1n) is 17.1. The highest BCUT2D eigenvalue weighted by Gasteiger charge is 2.25. The zero-order chi connectivity index (χ0) is 33.6. The lowest BCUT2D eigenvalue weighted by molar-refractivity contribution is 0.0977. The molecule has 6 nitrogen and oxygen atoms in total. The van der Waals surface area contributed by atoms with Crippen LogP contribution in [0.4, 0.5) is 9.59 Å². The molecule has 246 valence electrons. The lowest BCUT2D eigenvalue weighted by atomic mass is 9.84. The maximum absolute atomic E-state index is 13.0. The molecule has 0 saturated heterocycles. The number of aryl methyl sites for hydroxylation is 2. The van der Waals surface area contributed by atoms with Crippen LogP contribution in [-0.2, 0) is 22.3 Å². The number of unbranched alkanes of at least 4 members (excludes halogenated alkanes) is 2. The molecule has 0 heterocycles. The summed E-state index contributed by atoms with van der Waals surface area (Å²) in [6.45, 7) is 8.98. The van der Waals surface area contributed by atoms with Crippen molar-refractivity contribution in [2.45, 2.75) is 66.2 Å². The number of carbonyl (C=O) groups is 2. The molecule has 0 fully saturated rings. The van der Waals surface area contributed by atoms with E-state index in [4.69, 9.17) is 18.9 Å². The smallest absolute Gasteiger partial charge is 0.434 e. The van der Waals surface area contributed by atoms with Crippen LogP contribution >= 0.6 is 0 Å². The molecule has 0 unspecified atom stereocenters. The average Bonchev–Trinajstić information content (AvgIpc) is 3.12. The second kappa shape index (κ2) is 14.8. The predicted molar refractivity (Wildman–Crippen MR) is 194 cm³/mol. The zero-order valence-electron chi connectivity index (χ0n) is 28.2. The Hall–Kier alpha value is -5.10. The first kappa shape index (κ1) is 32.8. The maximum atomic E-state index is 13.0. The molecule has 0 aliphatic rings. The minimum absolute atomic E-state index is 0.307. The normalized spacial score (nSPS) is 11.3. The van der Waals surface area contributed by atoms with Crippen molar-refractivity contribution in [2.24, 2.45) is 0 Å². The zero-order valence-corrected chi connectivity index (χ0v) is 28.2. The highest BCUT2D eigenvalue weighted by Crippen LogP contribution is 2.50. The number of ether oxygens (including phenoxy) is 4. The molecule has 0 radical (unpaired) electrons. The van der Waals surface area contributed by atoms with E-state index in [1.807, 2.05) is 48.5 Å². The molecular formula is C42H42O6. The van der Waals surface area contributed by atoms with E-state index in [-0.39, 0.29) is 0 Å². The third-order valence-corrected chi connectivity index (χ3v) is 8.95. The van der Waals surface area contributed by atoms with E-state index in [1.54, 1.807) is 0 Å². The third kappa shape index (κ3) is 6.40. The molecule has 0 aromatic heterocycles. The Balaban J connectivity index is 1.70. The molecule has 6 heteroatoms. The summed E-state index contributed by atoms with van der Waals surface area (Å²) in [4.78, 5) is 26.0. The largest absolute Gasteiger partial charge is 0.513 e. The predicted octanol–water partition coefficient (Wildman–Crippen LogP) is 11.7. The number of rotatable bonds is 11. The van der Waals surface area contributed by atoms with Gasteiger partial charge in [-0.15, -0.1) is 0 Å². The molecule has 0 atom stereocenters. The van der Waals surface area contributed by atoms with Gasteiger partial charge in [0.15, 0.2) is 0 Å². The molecule has 6 aromatic carbocycles. The van der Waals surface area contributed by atoms with E-state index < -0.39 is 12.3 Å². The molecule has 0 saturated carbocycles. The topological polar surface area (TPSA) is 71.1 Å². The van der Waals surface area contributed by atoms with Crippen molar-refractivity contribution in [1.82, 2.24) is 0 Å². The van der Waals surface area contributed by atoms with Gasteiger partial charge in [-0.05, 0) is 69.5 Å². The van der Waals surface area contributed by atoms with Crippen LogP contribution in [0.25, 0.3) is 54.2 Å². The van der Waals surface area contributed by atoms with Gasteiger partial charge in [-0.2, -0.15) is 0 Å². The molecule has 0 aliphatic heterocycles. The Morgan fingerprint density at radius 3 is 1.23 bits per heavy atom. The van der Waals surface area contributed by atoms with Crippen LogP contribution in [0.15, 0.2) is 84.9 Å². The summed E-state index contributed by atoms with van der Waals surface area (Å²) in [5, 5.41) is 7.05. The second-order valence-corrected chi connectivity index (χ2v) is 12.1. The SMILES string of the molecule is CCCCOC(=O)Oc1c2ccccc2c(-c2c3ccccc3c(OC(=O)OCCCC)c3ccc(CC)cc23)c2cc(CC)ccc12. The number of benzene rings is 6. The molecule has 0 N–H and O–H groups in total. The summed E-state index contributed by atoms with van der Waals surface area (Å²) < 4.78 is 23.0. The Bertz CT molecular complexity index is 1980. The van der Waals surface area contributed by atoms with E-state index in [9.17, 15) is 9.59 Å². The summed E-state index contributed by atoms with van der Waals surface area (Å²) in [6.07, 6.45) is 3.63. The van der Waals surface area contributed by atoms with Gasteiger partial charge in [-0.1, -0.05) is 125 Å². The Kier molecular flexibility index (Phi) is 10.1. The van der Waals surface area contributed by atoms with Crippen LogP contribution in [0.3, 0.4) is 0 Å². The van der Waals surface area contributed by atoms with Crippen molar-refractivity contribution in [3.63, 3.8) is 0 Å². The summed E-state index contributed by atoms with van der Waals surface area (Å²) >= 11 is 0. The van der Waals surface area contributed by atoms with Gasteiger partial charge in [-0.3, -0.25) is 0 Å². The molecule has 48 heavy (non-hydrogen) atoms. The Labute approximate surface area is 281 Å². The fourth-order valence-electron chi connectivity index (χ4n) is 6.39. The number of hydrogen-bond donors (Lipinski definition) is 0. The highest BCUT2D eigenvalue weighted by molar-refractivity contribution is 6.27. The molecule has 0 spiro atoms. The van der Waals surface area contributed by atoms with Crippen LogP contribution in [0.1, 0.15) is 64.5 Å². The van der Waals surface area contributed by atoms with Crippen LogP contribution in [0.2, 0.25) is 0 Å². The first-order chi connectivity index (χ1) is 23.5. The van der Waals surface area contributed by atoms with Crippen LogP contribution in [0.5, 0.6) is 11.5 Å². The fourth-order valence-corrected chi connectivity index (χ4v) is 6.39. The molecule has 0 amide bonds. The van der Waals surface area contributed by atoms with Gasteiger partial charge in [0, 0.05) is 21.5 Å². The van der Waals surface area contributed by atoms with Crippen molar-refractivity contribution < 1.29 is 28.5 Å². The van der Waals surface area contributed by atoms with Crippen molar-refractivity contribution in [1.29, 1.82) is 0 Å². The first-order valence-corrected chi connectivity index (χ1v) is 17.1. The van der Waals surface area contributed by atoms with E-state index in [0.717, 1.165) is 104 Å². The van der Waals surface area contributed by atoms with Gasteiger partial charge >= 0.3 is 12.3 Å².